The molecule has 1 aromatic heterocycles. The van der Waals surface area contributed by atoms with E-state index in [1.54, 1.807) is 12.3 Å². The standard InChI is InChI=1S/C22H22F3N5O2/c1-28-5-7-29(8-6-28)18-12-19-20(10-16(22(23,24)25)11-21(19)27-14-18)26-13-15-3-2-4-17(9-15)30(31)32/h2-4,9-12,14,26H,5-8,13H2,1H3/i13D. The number of nitro benzene ring substituents is 1. The van der Waals surface area contributed by atoms with E-state index in [-0.39, 0.29) is 22.5 Å². The average molecular weight is 446 g/mol. The summed E-state index contributed by atoms with van der Waals surface area (Å²) in [5.74, 6) is 0. The summed E-state index contributed by atoms with van der Waals surface area (Å²) >= 11 is 0. The van der Waals surface area contributed by atoms with Crippen molar-refractivity contribution in [2.45, 2.75) is 12.7 Å². The van der Waals surface area contributed by atoms with E-state index in [2.05, 4.69) is 20.1 Å². The van der Waals surface area contributed by atoms with E-state index in [4.69, 9.17) is 1.37 Å². The van der Waals surface area contributed by atoms with Crippen LogP contribution in [0.1, 0.15) is 12.5 Å². The molecule has 1 aliphatic heterocycles. The van der Waals surface area contributed by atoms with Gasteiger partial charge < -0.3 is 15.1 Å². The molecule has 7 nitrogen and oxygen atoms in total. The van der Waals surface area contributed by atoms with Gasteiger partial charge in [-0.25, -0.2) is 0 Å². The molecule has 4 rings (SSSR count). The number of likely N-dealkylation sites (N-methyl/N-ethyl adjacent to an activating group) is 1. The highest BCUT2D eigenvalue weighted by atomic mass is 19.4. The molecule has 0 radical (unpaired) electrons. The van der Waals surface area contributed by atoms with Gasteiger partial charge >= 0.3 is 6.18 Å². The van der Waals surface area contributed by atoms with Crippen LogP contribution in [-0.2, 0) is 12.7 Å². The number of nitrogens with zero attached hydrogens (tertiary/aromatic N) is 4. The zero-order valence-electron chi connectivity index (χ0n) is 18.3. The minimum atomic E-state index is -4.59. The molecule has 0 spiro atoms. The third-order valence-electron chi connectivity index (χ3n) is 5.46. The van der Waals surface area contributed by atoms with Crippen molar-refractivity contribution in [3.8, 4) is 0 Å². The van der Waals surface area contributed by atoms with Gasteiger partial charge in [-0.05, 0) is 30.8 Å². The third-order valence-corrected chi connectivity index (χ3v) is 5.46. The number of non-ortho nitro benzene ring substituents is 1. The van der Waals surface area contributed by atoms with Gasteiger partial charge in [-0.15, -0.1) is 0 Å². The van der Waals surface area contributed by atoms with Gasteiger partial charge in [0.25, 0.3) is 5.69 Å². The monoisotopic (exact) mass is 446 g/mol. The minimum Gasteiger partial charge on any atom is -0.380 e. The summed E-state index contributed by atoms with van der Waals surface area (Å²) in [5.41, 5.74) is 0.211. The van der Waals surface area contributed by atoms with E-state index in [1.807, 2.05) is 7.05 Å². The van der Waals surface area contributed by atoms with E-state index in [1.165, 1.54) is 24.3 Å². The molecule has 0 bridgehead atoms. The SMILES string of the molecule is [2H]C(Nc1cc(C(F)(F)F)cc2ncc(N3CCN(C)CC3)cc12)c1cccc([N+](=O)[O-])c1. The molecule has 1 aliphatic rings. The summed E-state index contributed by atoms with van der Waals surface area (Å²) in [4.78, 5) is 19.1. The molecule has 32 heavy (non-hydrogen) atoms. The molecule has 10 heteroatoms. The van der Waals surface area contributed by atoms with Crippen molar-refractivity contribution in [3.05, 3.63) is 69.9 Å². The maximum absolute atomic E-state index is 13.5. The Morgan fingerprint density at radius 3 is 2.62 bits per heavy atom. The van der Waals surface area contributed by atoms with Crippen molar-refractivity contribution >= 4 is 28.0 Å². The Balaban J connectivity index is 1.74. The van der Waals surface area contributed by atoms with Gasteiger partial charge in [-0.1, -0.05) is 12.1 Å². The molecule has 0 amide bonds. The lowest BCUT2D eigenvalue weighted by atomic mass is 10.1. The van der Waals surface area contributed by atoms with E-state index < -0.39 is 23.2 Å². The average Bonchev–Trinajstić information content (AvgIpc) is 2.78. The van der Waals surface area contributed by atoms with Crippen LogP contribution in [0.15, 0.2) is 48.7 Å². The molecule has 3 aromatic rings. The highest BCUT2D eigenvalue weighted by molar-refractivity contribution is 5.94. The molecule has 168 valence electrons. The second-order valence-corrected chi connectivity index (χ2v) is 7.71. The summed E-state index contributed by atoms with van der Waals surface area (Å²) in [6.07, 6.45) is -3.03. The number of pyridine rings is 1. The fraction of sp³-hybridized carbons (Fsp3) is 0.318. The lowest BCUT2D eigenvalue weighted by Crippen LogP contribution is -2.44. The first-order chi connectivity index (χ1) is 15.6. The molecular formula is C22H22F3N5O2. The largest absolute Gasteiger partial charge is 0.416 e. The van der Waals surface area contributed by atoms with E-state index in [0.29, 0.717) is 5.39 Å². The van der Waals surface area contributed by atoms with Gasteiger partial charge in [0.05, 0.1) is 29.3 Å². The Bertz CT molecular complexity index is 1180. The van der Waals surface area contributed by atoms with Crippen LogP contribution in [0, 0.1) is 10.1 Å². The zero-order valence-corrected chi connectivity index (χ0v) is 17.3. The quantitative estimate of drug-likeness (QED) is 0.459. The number of benzene rings is 2. The number of rotatable bonds is 5. The number of nitro groups is 1. The highest BCUT2D eigenvalue weighted by Gasteiger charge is 2.31. The van der Waals surface area contributed by atoms with Crippen LogP contribution in [0.5, 0.6) is 0 Å². The van der Waals surface area contributed by atoms with Gasteiger partial charge in [0, 0.05) is 55.9 Å². The molecular weight excluding hydrogens is 423 g/mol. The molecule has 0 saturated carbocycles. The first-order valence-electron chi connectivity index (χ1n) is 10.6. The Kier molecular flexibility index (Phi) is 5.52. The molecule has 2 heterocycles. The first-order valence-corrected chi connectivity index (χ1v) is 9.99. The molecule has 1 N–H and O–H groups in total. The smallest absolute Gasteiger partial charge is 0.380 e. The number of hydrogen-bond acceptors (Lipinski definition) is 6. The fourth-order valence-corrected chi connectivity index (χ4v) is 3.63. The molecule has 1 unspecified atom stereocenters. The molecule has 2 aromatic carbocycles. The number of piperazine rings is 1. The van der Waals surface area contributed by atoms with Crippen LogP contribution in [0.2, 0.25) is 0 Å². The number of fused-ring (bicyclic) bond motifs is 1. The molecule has 1 atom stereocenters. The number of aromatic nitrogens is 1. The van der Waals surface area contributed by atoms with Gasteiger partial charge in [-0.3, -0.25) is 15.1 Å². The minimum absolute atomic E-state index is 0.0924. The van der Waals surface area contributed by atoms with Gasteiger partial charge in [0.1, 0.15) is 0 Å². The summed E-state index contributed by atoms with van der Waals surface area (Å²) in [6, 6.07) is 9.19. The van der Waals surface area contributed by atoms with Crippen LogP contribution in [0.3, 0.4) is 0 Å². The van der Waals surface area contributed by atoms with E-state index >= 15 is 0 Å². The fourth-order valence-electron chi connectivity index (χ4n) is 3.63. The van der Waals surface area contributed by atoms with Gasteiger partial charge in [-0.2, -0.15) is 13.2 Å². The summed E-state index contributed by atoms with van der Waals surface area (Å²) in [6.45, 7) is 2.03. The number of anilines is 2. The molecule has 1 fully saturated rings. The van der Waals surface area contributed by atoms with Crippen LogP contribution < -0.4 is 10.2 Å². The maximum atomic E-state index is 13.5. The van der Waals surface area contributed by atoms with Crippen molar-refractivity contribution < 1.29 is 19.5 Å². The maximum Gasteiger partial charge on any atom is 0.416 e. The Morgan fingerprint density at radius 2 is 1.94 bits per heavy atom. The van der Waals surface area contributed by atoms with Crippen molar-refractivity contribution in [3.63, 3.8) is 0 Å². The first kappa shape index (κ1) is 20.5. The van der Waals surface area contributed by atoms with Crippen molar-refractivity contribution in [2.75, 3.05) is 43.4 Å². The second kappa shape index (κ2) is 8.62. The Hall–Kier alpha value is -3.40. The van der Waals surface area contributed by atoms with Crippen LogP contribution in [0.25, 0.3) is 10.9 Å². The molecule has 0 aliphatic carbocycles. The van der Waals surface area contributed by atoms with E-state index in [0.717, 1.165) is 44.0 Å². The summed E-state index contributed by atoms with van der Waals surface area (Å²) in [7, 11) is 2.03. The lowest BCUT2D eigenvalue weighted by molar-refractivity contribution is -0.384. The number of hydrogen-bond donors (Lipinski definition) is 1. The van der Waals surface area contributed by atoms with Gasteiger partial charge in [0.15, 0.2) is 0 Å². The zero-order chi connectivity index (χ0) is 23.8. The van der Waals surface area contributed by atoms with Crippen molar-refractivity contribution in [1.29, 1.82) is 0 Å². The topological polar surface area (TPSA) is 74.5 Å². The predicted molar refractivity (Wildman–Crippen MR) is 117 cm³/mol. The van der Waals surface area contributed by atoms with Crippen molar-refractivity contribution in [1.82, 2.24) is 9.88 Å². The van der Waals surface area contributed by atoms with Gasteiger partial charge in [0.2, 0.25) is 0 Å². The van der Waals surface area contributed by atoms with Crippen molar-refractivity contribution in [2.24, 2.45) is 0 Å². The highest BCUT2D eigenvalue weighted by Crippen LogP contribution is 2.36. The predicted octanol–water partition coefficient (Wildman–Crippen LogP) is 4.53. The lowest BCUT2D eigenvalue weighted by Gasteiger charge is -2.34. The number of alkyl halides is 3. The summed E-state index contributed by atoms with van der Waals surface area (Å²) in [5, 5.41) is 14.3. The number of halogens is 3. The second-order valence-electron chi connectivity index (χ2n) is 7.71. The number of nitrogens with one attached hydrogen (secondary N) is 1. The Morgan fingerprint density at radius 1 is 1.19 bits per heavy atom. The normalized spacial score (nSPS) is 16.6. The van der Waals surface area contributed by atoms with Crippen LogP contribution in [-0.4, -0.2) is 48.0 Å². The summed E-state index contributed by atoms with van der Waals surface area (Å²) < 4.78 is 49.0. The van der Waals surface area contributed by atoms with Crippen LogP contribution >= 0.6 is 0 Å². The Labute approximate surface area is 184 Å². The third kappa shape index (κ3) is 4.75. The molecule has 1 saturated heterocycles. The van der Waals surface area contributed by atoms with Crippen LogP contribution in [0.4, 0.5) is 30.2 Å². The van der Waals surface area contributed by atoms with E-state index in [9.17, 15) is 23.3 Å².